The van der Waals surface area contributed by atoms with Gasteiger partial charge in [-0.2, -0.15) is 0 Å². The average Bonchev–Trinajstić information content (AvgIpc) is 2.80. The summed E-state index contributed by atoms with van der Waals surface area (Å²) in [5, 5.41) is 0. The van der Waals surface area contributed by atoms with Crippen LogP contribution in [0.4, 0.5) is 8.78 Å². The Bertz CT molecular complexity index is 1270. The Morgan fingerprint density at radius 3 is 1.59 bits per heavy atom. The van der Waals surface area contributed by atoms with Gasteiger partial charge >= 0.3 is 0 Å². The molecule has 0 saturated heterocycles. The molecule has 7 heteroatoms. The fourth-order valence-corrected chi connectivity index (χ4v) is 5.80. The molecule has 0 atom stereocenters. The molecule has 0 radical (unpaired) electrons. The van der Waals surface area contributed by atoms with E-state index >= 15 is 0 Å². The highest BCUT2D eigenvalue weighted by Crippen LogP contribution is 2.31. The lowest BCUT2D eigenvalue weighted by Gasteiger charge is -2.09. The first-order chi connectivity index (χ1) is 16.2. The summed E-state index contributed by atoms with van der Waals surface area (Å²) >= 11 is 0. The molecule has 4 rings (SSSR count). The molecule has 4 aromatic carbocycles. The zero-order valence-electron chi connectivity index (χ0n) is 18.7. The summed E-state index contributed by atoms with van der Waals surface area (Å²) in [4.78, 5) is 3.07. The number of hydrogen-bond donors (Lipinski definition) is 0. The third-order valence-electron chi connectivity index (χ3n) is 4.90. The zero-order valence-corrected chi connectivity index (χ0v) is 20.3. The van der Waals surface area contributed by atoms with E-state index in [1.54, 1.807) is 0 Å². The molecule has 0 aromatic heterocycles. The van der Waals surface area contributed by atoms with Gasteiger partial charge in [-0.15, -0.1) is 0 Å². The van der Waals surface area contributed by atoms with Crippen LogP contribution in [0, 0.1) is 11.6 Å². The van der Waals surface area contributed by atoms with Gasteiger partial charge in [0.1, 0.15) is 21.8 Å². The summed E-state index contributed by atoms with van der Waals surface area (Å²) in [5.74, 6) is -1.73. The second-order valence-electron chi connectivity index (χ2n) is 7.68. The van der Waals surface area contributed by atoms with Gasteiger partial charge < -0.3 is 4.55 Å². The SMILES string of the molecule is CC(C)c1ccc([S+](c2ccccc2)c2ccccc2)cc1.O=S(=O)([O-])c1ccc(F)cc1F. The lowest BCUT2D eigenvalue weighted by Crippen LogP contribution is -2.04. The van der Waals surface area contributed by atoms with Crippen LogP contribution < -0.4 is 0 Å². The summed E-state index contributed by atoms with van der Waals surface area (Å²) in [6.07, 6.45) is 0. The van der Waals surface area contributed by atoms with Gasteiger partial charge in [0.15, 0.2) is 14.7 Å². The summed E-state index contributed by atoms with van der Waals surface area (Å²) in [5.41, 5.74) is 1.40. The van der Waals surface area contributed by atoms with E-state index in [2.05, 4.69) is 98.8 Å². The Balaban J connectivity index is 0.000000229. The smallest absolute Gasteiger partial charge is 0.166 e. The van der Waals surface area contributed by atoms with Crippen LogP contribution >= 0.6 is 0 Å². The third kappa shape index (κ3) is 6.76. The van der Waals surface area contributed by atoms with Gasteiger partial charge in [0.25, 0.3) is 0 Å². The molecule has 0 aliphatic heterocycles. The minimum atomic E-state index is -4.84. The van der Waals surface area contributed by atoms with E-state index in [9.17, 15) is 21.8 Å². The van der Waals surface area contributed by atoms with Crippen molar-refractivity contribution in [1.29, 1.82) is 0 Å². The molecule has 0 spiro atoms. The van der Waals surface area contributed by atoms with E-state index in [-0.39, 0.29) is 10.9 Å². The van der Waals surface area contributed by atoms with Crippen LogP contribution in [0.1, 0.15) is 25.3 Å². The Morgan fingerprint density at radius 2 is 1.18 bits per heavy atom. The molecule has 0 unspecified atom stereocenters. The molecule has 0 heterocycles. The van der Waals surface area contributed by atoms with E-state index in [4.69, 9.17) is 0 Å². The molecule has 3 nitrogen and oxygen atoms in total. The predicted molar refractivity (Wildman–Crippen MR) is 130 cm³/mol. The molecule has 0 amide bonds. The Kier molecular flexibility index (Phi) is 8.61. The van der Waals surface area contributed by atoms with Crippen molar-refractivity contribution in [2.75, 3.05) is 0 Å². The summed E-state index contributed by atoms with van der Waals surface area (Å²) < 4.78 is 55.5. The fourth-order valence-electron chi connectivity index (χ4n) is 3.19. The van der Waals surface area contributed by atoms with Crippen molar-refractivity contribution < 1.29 is 21.8 Å². The fraction of sp³-hybridized carbons (Fsp3) is 0.111. The minimum absolute atomic E-state index is 0.0361. The molecule has 0 saturated carbocycles. The van der Waals surface area contributed by atoms with Gasteiger partial charge in [-0.3, -0.25) is 0 Å². The lowest BCUT2D eigenvalue weighted by molar-refractivity contribution is 0.453. The van der Waals surface area contributed by atoms with Crippen molar-refractivity contribution in [2.45, 2.75) is 39.3 Å². The highest BCUT2D eigenvalue weighted by Gasteiger charge is 2.28. The van der Waals surface area contributed by atoms with Crippen molar-refractivity contribution in [3.8, 4) is 0 Å². The van der Waals surface area contributed by atoms with Gasteiger partial charge in [0.05, 0.1) is 15.8 Å². The monoisotopic (exact) mass is 498 g/mol. The molecule has 176 valence electrons. The highest BCUT2D eigenvalue weighted by atomic mass is 32.2. The number of hydrogen-bond acceptors (Lipinski definition) is 3. The van der Waals surface area contributed by atoms with Crippen LogP contribution in [-0.4, -0.2) is 13.0 Å². The molecular weight excluding hydrogens is 474 g/mol. The van der Waals surface area contributed by atoms with Crippen molar-refractivity contribution in [2.24, 2.45) is 0 Å². The summed E-state index contributed by atoms with van der Waals surface area (Å²) in [7, 11) is -4.88. The van der Waals surface area contributed by atoms with Crippen molar-refractivity contribution in [3.63, 3.8) is 0 Å². The van der Waals surface area contributed by atoms with E-state index < -0.39 is 26.6 Å². The van der Waals surface area contributed by atoms with Gasteiger partial charge in [-0.05, 0) is 60.0 Å². The first kappa shape index (κ1) is 25.6. The average molecular weight is 499 g/mol. The van der Waals surface area contributed by atoms with Gasteiger partial charge in [-0.25, -0.2) is 17.2 Å². The van der Waals surface area contributed by atoms with Gasteiger partial charge in [-0.1, -0.05) is 62.4 Å². The standard InChI is InChI=1S/C21H21S.C6H4F2O3S/c1-17(2)18-13-15-21(16-14-18)22(19-9-5-3-6-10-19)20-11-7-4-8-12-20;7-4-1-2-6(5(8)3-4)12(9,10)11/h3-17H,1-2H3;1-3H,(H,9,10,11)/q+1;/p-1. The van der Waals surface area contributed by atoms with Crippen LogP contribution in [0.25, 0.3) is 0 Å². The Labute approximate surface area is 202 Å². The largest absolute Gasteiger partial charge is 0.744 e. The van der Waals surface area contributed by atoms with Crippen molar-refractivity contribution in [1.82, 2.24) is 0 Å². The van der Waals surface area contributed by atoms with Gasteiger partial charge in [0, 0.05) is 6.07 Å². The third-order valence-corrected chi connectivity index (χ3v) is 8.00. The quantitative estimate of drug-likeness (QED) is 0.225. The molecule has 0 N–H and O–H groups in total. The first-order valence-corrected chi connectivity index (χ1v) is 13.2. The van der Waals surface area contributed by atoms with Crippen LogP contribution in [-0.2, 0) is 21.0 Å². The first-order valence-electron chi connectivity index (χ1n) is 10.5. The molecule has 34 heavy (non-hydrogen) atoms. The summed E-state index contributed by atoms with van der Waals surface area (Å²) in [6.45, 7) is 4.48. The maximum atomic E-state index is 12.5. The molecule has 4 aromatic rings. The Morgan fingerprint density at radius 1 is 0.706 bits per heavy atom. The molecule has 0 fully saturated rings. The number of halogens is 2. The van der Waals surface area contributed by atoms with Gasteiger partial charge in [0.2, 0.25) is 0 Å². The number of rotatable bonds is 5. The predicted octanol–water partition coefficient (Wildman–Crippen LogP) is 6.77. The molecular formula is C27H24F2O3S2. The summed E-state index contributed by atoms with van der Waals surface area (Å²) in [6, 6.07) is 32.3. The zero-order chi connectivity index (χ0) is 24.7. The lowest BCUT2D eigenvalue weighted by atomic mass is 10.0. The van der Waals surface area contributed by atoms with E-state index in [1.807, 2.05) is 0 Å². The van der Waals surface area contributed by atoms with Crippen molar-refractivity contribution in [3.05, 3.63) is 120 Å². The van der Waals surface area contributed by atoms with E-state index in [0.717, 1.165) is 0 Å². The van der Waals surface area contributed by atoms with Crippen LogP contribution in [0.5, 0.6) is 0 Å². The molecule has 0 bridgehead atoms. The number of benzene rings is 4. The maximum Gasteiger partial charge on any atom is 0.166 e. The topological polar surface area (TPSA) is 57.2 Å². The molecule has 0 aliphatic carbocycles. The Hall–Kier alpha value is -3.00. The van der Waals surface area contributed by atoms with Crippen LogP contribution in [0.15, 0.2) is 123 Å². The highest BCUT2D eigenvalue weighted by molar-refractivity contribution is 7.97. The van der Waals surface area contributed by atoms with Crippen LogP contribution in [0.3, 0.4) is 0 Å². The minimum Gasteiger partial charge on any atom is -0.744 e. The second-order valence-corrected chi connectivity index (χ2v) is 11.1. The molecule has 0 aliphatic rings. The van der Waals surface area contributed by atoms with Crippen molar-refractivity contribution >= 4 is 21.0 Å². The van der Waals surface area contributed by atoms with E-state index in [1.165, 1.54) is 20.2 Å². The van der Waals surface area contributed by atoms with Crippen LogP contribution in [0.2, 0.25) is 0 Å². The normalized spacial score (nSPS) is 11.3. The second kappa shape index (κ2) is 11.4. The maximum absolute atomic E-state index is 12.5. The van der Waals surface area contributed by atoms with E-state index in [0.29, 0.717) is 24.1 Å².